The summed E-state index contributed by atoms with van der Waals surface area (Å²) in [4.78, 5) is 1.34. The minimum absolute atomic E-state index is 0.0868. The Balaban J connectivity index is 2.74. The van der Waals surface area contributed by atoms with Crippen molar-refractivity contribution in [3.63, 3.8) is 0 Å². The zero-order chi connectivity index (χ0) is 12.9. The van der Waals surface area contributed by atoms with Crippen LogP contribution >= 0.6 is 27.3 Å². The third-order valence-electron chi connectivity index (χ3n) is 2.18. The van der Waals surface area contributed by atoms with Crippen LogP contribution in [-0.2, 0) is 0 Å². The third-order valence-corrected chi connectivity index (χ3v) is 4.17. The van der Waals surface area contributed by atoms with Gasteiger partial charge < -0.3 is 5.32 Å². The molecule has 0 saturated carbocycles. The monoisotopic (exact) mass is 313 g/mol. The van der Waals surface area contributed by atoms with Crippen LogP contribution in [0.5, 0.6) is 0 Å². The zero-order valence-electron chi connectivity index (χ0n) is 10.9. The average molecular weight is 314 g/mol. The molecular formula is C14H20BrNS. The summed E-state index contributed by atoms with van der Waals surface area (Å²) in [5, 5.41) is 5.60. The predicted molar refractivity (Wildman–Crippen MR) is 80.3 cm³/mol. The van der Waals surface area contributed by atoms with Gasteiger partial charge in [-0.2, -0.15) is 0 Å². The summed E-state index contributed by atoms with van der Waals surface area (Å²) in [5.74, 6) is 6.59. The van der Waals surface area contributed by atoms with Gasteiger partial charge in [0.25, 0.3) is 0 Å². The van der Waals surface area contributed by atoms with E-state index in [-0.39, 0.29) is 5.41 Å². The van der Waals surface area contributed by atoms with Crippen LogP contribution in [0.15, 0.2) is 15.9 Å². The highest BCUT2D eigenvalue weighted by Gasteiger charge is 2.14. The Morgan fingerprint density at radius 1 is 1.47 bits per heavy atom. The summed E-state index contributed by atoms with van der Waals surface area (Å²) < 4.78 is 1.19. The molecule has 0 spiro atoms. The van der Waals surface area contributed by atoms with E-state index in [1.54, 1.807) is 11.3 Å². The van der Waals surface area contributed by atoms with Crippen LogP contribution in [0, 0.1) is 17.3 Å². The second kappa shape index (κ2) is 6.58. The van der Waals surface area contributed by atoms with Crippen LogP contribution in [0.2, 0.25) is 0 Å². The van der Waals surface area contributed by atoms with Crippen molar-refractivity contribution in [2.45, 2.75) is 40.2 Å². The SMILES string of the molecule is CCNC(CC#CC(C)(C)C)c1sccc1Br. The lowest BCUT2D eigenvalue weighted by atomic mass is 9.97. The van der Waals surface area contributed by atoms with Crippen LogP contribution in [0.3, 0.4) is 0 Å². The van der Waals surface area contributed by atoms with Gasteiger partial charge in [-0.3, -0.25) is 0 Å². The van der Waals surface area contributed by atoms with E-state index in [0.29, 0.717) is 6.04 Å². The smallest absolute Gasteiger partial charge is 0.0537 e. The third kappa shape index (κ3) is 5.25. The Kier molecular flexibility index (Phi) is 5.72. The highest BCUT2D eigenvalue weighted by molar-refractivity contribution is 9.10. The first-order chi connectivity index (χ1) is 7.94. The van der Waals surface area contributed by atoms with E-state index in [4.69, 9.17) is 0 Å². The summed E-state index contributed by atoms with van der Waals surface area (Å²) in [6.45, 7) is 9.52. The maximum Gasteiger partial charge on any atom is 0.0537 e. The van der Waals surface area contributed by atoms with Gasteiger partial charge in [-0.05, 0) is 54.7 Å². The van der Waals surface area contributed by atoms with Crippen LogP contribution < -0.4 is 5.32 Å². The normalized spacial score (nSPS) is 13.0. The van der Waals surface area contributed by atoms with Crippen molar-refractivity contribution in [3.8, 4) is 11.8 Å². The molecule has 1 N–H and O–H groups in total. The number of halogens is 1. The molecule has 3 heteroatoms. The second-order valence-corrected chi connectivity index (χ2v) is 6.80. The molecule has 0 radical (unpaired) electrons. The maximum absolute atomic E-state index is 3.59. The van der Waals surface area contributed by atoms with E-state index in [0.717, 1.165) is 13.0 Å². The van der Waals surface area contributed by atoms with Gasteiger partial charge in [0.05, 0.1) is 6.04 Å². The number of hydrogen-bond donors (Lipinski definition) is 1. The van der Waals surface area contributed by atoms with Crippen molar-refractivity contribution in [3.05, 3.63) is 20.8 Å². The van der Waals surface area contributed by atoms with Gasteiger partial charge in [0.2, 0.25) is 0 Å². The Morgan fingerprint density at radius 2 is 2.18 bits per heavy atom. The minimum atomic E-state index is 0.0868. The molecule has 94 valence electrons. The van der Waals surface area contributed by atoms with Crippen LogP contribution in [0.1, 0.15) is 45.0 Å². The van der Waals surface area contributed by atoms with E-state index >= 15 is 0 Å². The summed E-state index contributed by atoms with van der Waals surface area (Å²) in [5.41, 5.74) is 0.0868. The first kappa shape index (κ1) is 14.8. The molecule has 0 saturated heterocycles. The topological polar surface area (TPSA) is 12.0 Å². The first-order valence-corrected chi connectivity index (χ1v) is 7.57. The standard InChI is InChI=1S/C14H20BrNS/c1-5-16-12(7-6-9-14(2,3)4)13-11(15)8-10-17-13/h8,10,12,16H,5,7H2,1-4H3. The van der Waals surface area contributed by atoms with Crippen LogP contribution in [-0.4, -0.2) is 6.54 Å². The summed E-state index contributed by atoms with van der Waals surface area (Å²) in [6.07, 6.45) is 0.865. The molecule has 0 aromatic carbocycles. The lowest BCUT2D eigenvalue weighted by Crippen LogP contribution is -2.19. The predicted octanol–water partition coefficient (Wildman–Crippen LogP) is 4.60. The Labute approximate surface area is 117 Å². The molecule has 0 aliphatic rings. The quantitative estimate of drug-likeness (QED) is 0.801. The van der Waals surface area contributed by atoms with Gasteiger partial charge in [-0.1, -0.05) is 12.8 Å². The fraction of sp³-hybridized carbons (Fsp3) is 0.571. The van der Waals surface area contributed by atoms with Crippen LogP contribution in [0.25, 0.3) is 0 Å². The Hall–Kier alpha value is -0.300. The summed E-state index contributed by atoms with van der Waals surface area (Å²) in [7, 11) is 0. The molecule has 1 aromatic rings. The van der Waals surface area contributed by atoms with Crippen molar-refractivity contribution >= 4 is 27.3 Å². The van der Waals surface area contributed by atoms with Gasteiger partial charge in [0.1, 0.15) is 0 Å². The highest BCUT2D eigenvalue weighted by Crippen LogP contribution is 2.30. The molecule has 1 nitrogen and oxygen atoms in total. The van der Waals surface area contributed by atoms with Gasteiger partial charge in [-0.15, -0.1) is 17.3 Å². The number of thiophene rings is 1. The van der Waals surface area contributed by atoms with E-state index in [1.807, 2.05) is 0 Å². The largest absolute Gasteiger partial charge is 0.309 e. The molecule has 1 aromatic heterocycles. The fourth-order valence-electron chi connectivity index (χ4n) is 1.48. The fourth-order valence-corrected chi connectivity index (χ4v) is 3.20. The Bertz CT molecular complexity index is 406. The van der Waals surface area contributed by atoms with Gasteiger partial charge >= 0.3 is 0 Å². The molecule has 0 fully saturated rings. The molecule has 1 unspecified atom stereocenters. The Morgan fingerprint density at radius 3 is 2.65 bits per heavy atom. The van der Waals surface area contributed by atoms with Crippen molar-refractivity contribution in [1.82, 2.24) is 5.32 Å². The van der Waals surface area contributed by atoms with E-state index in [2.05, 4.69) is 72.2 Å². The molecule has 1 atom stereocenters. The zero-order valence-corrected chi connectivity index (χ0v) is 13.3. The van der Waals surface area contributed by atoms with E-state index in [9.17, 15) is 0 Å². The van der Waals surface area contributed by atoms with Crippen molar-refractivity contribution in [2.24, 2.45) is 5.41 Å². The number of nitrogens with one attached hydrogen (secondary N) is 1. The second-order valence-electron chi connectivity index (χ2n) is 5.00. The minimum Gasteiger partial charge on any atom is -0.309 e. The van der Waals surface area contributed by atoms with E-state index < -0.39 is 0 Å². The van der Waals surface area contributed by atoms with Gasteiger partial charge in [-0.25, -0.2) is 0 Å². The lowest BCUT2D eigenvalue weighted by molar-refractivity contribution is 0.558. The number of rotatable bonds is 4. The molecule has 1 rings (SSSR count). The first-order valence-electron chi connectivity index (χ1n) is 5.90. The van der Waals surface area contributed by atoms with Crippen molar-refractivity contribution in [2.75, 3.05) is 6.54 Å². The average Bonchev–Trinajstić information content (AvgIpc) is 2.61. The molecule has 0 amide bonds. The summed E-state index contributed by atoms with van der Waals surface area (Å²) in [6, 6.07) is 2.44. The van der Waals surface area contributed by atoms with Crippen molar-refractivity contribution < 1.29 is 0 Å². The number of hydrogen-bond acceptors (Lipinski definition) is 2. The molecule has 0 bridgehead atoms. The molecule has 0 aliphatic heterocycles. The van der Waals surface area contributed by atoms with Gasteiger partial charge in [0, 0.05) is 21.2 Å². The highest BCUT2D eigenvalue weighted by atomic mass is 79.9. The van der Waals surface area contributed by atoms with E-state index in [1.165, 1.54) is 9.35 Å². The molecular weight excluding hydrogens is 294 g/mol. The van der Waals surface area contributed by atoms with Crippen molar-refractivity contribution in [1.29, 1.82) is 0 Å². The molecule has 17 heavy (non-hydrogen) atoms. The molecule has 0 aliphatic carbocycles. The molecule has 1 heterocycles. The van der Waals surface area contributed by atoms with Gasteiger partial charge in [0.15, 0.2) is 0 Å². The summed E-state index contributed by atoms with van der Waals surface area (Å²) >= 11 is 5.37. The lowest BCUT2D eigenvalue weighted by Gasteiger charge is -2.14. The van der Waals surface area contributed by atoms with Crippen LogP contribution in [0.4, 0.5) is 0 Å². The maximum atomic E-state index is 3.59.